The molecule has 0 radical (unpaired) electrons. The highest BCUT2D eigenvalue weighted by atomic mass is 16.6. The van der Waals surface area contributed by atoms with Crippen molar-refractivity contribution < 1.29 is 29.2 Å². The van der Waals surface area contributed by atoms with E-state index in [0.717, 1.165) is 11.0 Å². The number of ether oxygens (including phenoxy) is 1. The van der Waals surface area contributed by atoms with E-state index in [1.54, 1.807) is 48.5 Å². The van der Waals surface area contributed by atoms with Crippen LogP contribution in [0.1, 0.15) is 38.0 Å². The highest BCUT2D eigenvalue weighted by Crippen LogP contribution is 2.43. The first-order valence-corrected chi connectivity index (χ1v) is 11.0. The number of imide groups is 1. The summed E-state index contributed by atoms with van der Waals surface area (Å²) < 4.78 is 5.43. The predicted molar refractivity (Wildman–Crippen MR) is 132 cm³/mol. The highest BCUT2D eigenvalue weighted by molar-refractivity contribution is 6.37. The maximum absolute atomic E-state index is 13.6. The molecule has 0 saturated carbocycles. The molecule has 0 saturated heterocycles. The van der Waals surface area contributed by atoms with Crippen LogP contribution in [0.2, 0.25) is 0 Å². The van der Waals surface area contributed by atoms with E-state index in [2.05, 4.69) is 0 Å². The van der Waals surface area contributed by atoms with E-state index in [9.17, 15) is 29.6 Å². The number of hydrogen-bond acceptors (Lipinski definition) is 6. The van der Waals surface area contributed by atoms with Gasteiger partial charge in [-0.2, -0.15) is 0 Å². The first-order valence-electron chi connectivity index (χ1n) is 11.0. The van der Waals surface area contributed by atoms with Gasteiger partial charge in [-0.25, -0.2) is 9.69 Å². The number of carbonyl (C=O) groups excluding carboxylic acids is 2. The average Bonchev–Trinajstić information content (AvgIpc) is 2.87. The van der Waals surface area contributed by atoms with E-state index in [0.29, 0.717) is 29.0 Å². The predicted octanol–water partition coefficient (Wildman–Crippen LogP) is 5.31. The fourth-order valence-electron chi connectivity index (χ4n) is 4.50. The van der Waals surface area contributed by atoms with Gasteiger partial charge in [0.2, 0.25) is 0 Å². The molecule has 1 aliphatic heterocycles. The minimum atomic E-state index is -1.18. The number of anilines is 1. The van der Waals surface area contributed by atoms with Crippen LogP contribution in [0.15, 0.2) is 72.8 Å². The average molecular weight is 482 g/mol. The molecule has 0 atom stereocenters. The number of nitrogens with zero attached hydrogens (tertiary/aromatic N) is 2. The van der Waals surface area contributed by atoms with Crippen molar-refractivity contribution in [2.24, 2.45) is 0 Å². The van der Waals surface area contributed by atoms with Gasteiger partial charge < -0.3 is 9.84 Å². The SMILES string of the molecule is CCOc1ccc(N2C(=O)c3cccc4c(-c5cccc(C(=O)O)c5)c([N+](=O)[O-])cc(c34)C2=O)cc1. The molecule has 36 heavy (non-hydrogen) atoms. The molecule has 4 aromatic rings. The van der Waals surface area contributed by atoms with Crippen LogP contribution in [0.4, 0.5) is 11.4 Å². The van der Waals surface area contributed by atoms with Crippen LogP contribution >= 0.6 is 0 Å². The van der Waals surface area contributed by atoms with Gasteiger partial charge in [0.25, 0.3) is 17.5 Å². The minimum Gasteiger partial charge on any atom is -0.494 e. The summed E-state index contributed by atoms with van der Waals surface area (Å²) in [7, 11) is 0. The molecule has 178 valence electrons. The van der Waals surface area contributed by atoms with E-state index in [1.165, 1.54) is 18.2 Å². The van der Waals surface area contributed by atoms with Crippen molar-refractivity contribution in [3.05, 3.63) is 99.6 Å². The molecule has 1 heterocycles. The Balaban J connectivity index is 1.75. The molecule has 4 aromatic carbocycles. The van der Waals surface area contributed by atoms with Gasteiger partial charge in [-0.15, -0.1) is 0 Å². The zero-order chi connectivity index (χ0) is 25.6. The van der Waals surface area contributed by atoms with Crippen molar-refractivity contribution in [1.29, 1.82) is 0 Å². The van der Waals surface area contributed by atoms with Crippen molar-refractivity contribution >= 4 is 39.9 Å². The third-order valence-electron chi connectivity index (χ3n) is 6.01. The number of benzene rings is 4. The Labute approximate surface area is 204 Å². The topological polar surface area (TPSA) is 127 Å². The van der Waals surface area contributed by atoms with E-state index < -0.39 is 22.7 Å². The number of rotatable bonds is 6. The lowest BCUT2D eigenvalue weighted by atomic mass is 9.87. The molecule has 1 aliphatic rings. The summed E-state index contributed by atoms with van der Waals surface area (Å²) in [5, 5.41) is 22.1. The van der Waals surface area contributed by atoms with Gasteiger partial charge in [-0.1, -0.05) is 24.3 Å². The van der Waals surface area contributed by atoms with Crippen molar-refractivity contribution in [2.75, 3.05) is 11.5 Å². The Hall–Kier alpha value is -5.05. The van der Waals surface area contributed by atoms with Crippen LogP contribution in [0.25, 0.3) is 21.9 Å². The zero-order valence-corrected chi connectivity index (χ0v) is 18.9. The maximum atomic E-state index is 13.6. The first kappa shape index (κ1) is 22.7. The summed E-state index contributed by atoms with van der Waals surface area (Å²) in [6.45, 7) is 2.29. The van der Waals surface area contributed by atoms with Crippen molar-refractivity contribution in [3.8, 4) is 16.9 Å². The molecule has 0 aliphatic carbocycles. The molecule has 5 rings (SSSR count). The summed E-state index contributed by atoms with van der Waals surface area (Å²) >= 11 is 0. The number of hydrogen-bond donors (Lipinski definition) is 1. The summed E-state index contributed by atoms with van der Waals surface area (Å²) in [6.07, 6.45) is 0. The van der Waals surface area contributed by atoms with E-state index in [-0.39, 0.29) is 33.3 Å². The van der Waals surface area contributed by atoms with Gasteiger partial charge in [0.15, 0.2) is 0 Å². The quantitative estimate of drug-likeness (QED) is 0.224. The highest BCUT2D eigenvalue weighted by Gasteiger charge is 2.37. The molecule has 9 heteroatoms. The molecule has 2 amide bonds. The fourth-order valence-corrected chi connectivity index (χ4v) is 4.50. The number of aromatic carboxylic acids is 1. The number of carbonyl (C=O) groups is 3. The van der Waals surface area contributed by atoms with E-state index in [1.807, 2.05) is 6.92 Å². The van der Waals surface area contributed by atoms with Gasteiger partial charge in [0, 0.05) is 17.0 Å². The Bertz CT molecular complexity index is 1590. The number of nitro groups is 1. The van der Waals surface area contributed by atoms with Gasteiger partial charge in [0.05, 0.1) is 33.9 Å². The van der Waals surface area contributed by atoms with Crippen LogP contribution in [0.3, 0.4) is 0 Å². The lowest BCUT2D eigenvalue weighted by Crippen LogP contribution is -2.40. The molecule has 1 N–H and O–H groups in total. The zero-order valence-electron chi connectivity index (χ0n) is 18.9. The molecule has 0 fully saturated rings. The lowest BCUT2D eigenvalue weighted by Gasteiger charge is -2.28. The molecule has 0 unspecified atom stereocenters. The van der Waals surface area contributed by atoms with Crippen molar-refractivity contribution in [3.63, 3.8) is 0 Å². The van der Waals surface area contributed by atoms with Crippen LogP contribution in [-0.2, 0) is 0 Å². The smallest absolute Gasteiger partial charge is 0.335 e. The second kappa shape index (κ2) is 8.62. The van der Waals surface area contributed by atoms with E-state index >= 15 is 0 Å². The van der Waals surface area contributed by atoms with Crippen LogP contribution in [0, 0.1) is 10.1 Å². The molecule has 0 bridgehead atoms. The maximum Gasteiger partial charge on any atom is 0.335 e. The summed E-state index contributed by atoms with van der Waals surface area (Å²) in [5.74, 6) is -1.87. The van der Waals surface area contributed by atoms with Crippen LogP contribution in [-0.4, -0.2) is 34.4 Å². The number of carboxylic acids is 1. The third-order valence-corrected chi connectivity index (χ3v) is 6.01. The fraction of sp³-hybridized carbons (Fsp3) is 0.0741. The Morgan fingerprint density at radius 2 is 1.67 bits per heavy atom. The monoisotopic (exact) mass is 482 g/mol. The van der Waals surface area contributed by atoms with Gasteiger partial charge in [0.1, 0.15) is 5.75 Å². The summed E-state index contributed by atoms with van der Waals surface area (Å²) in [4.78, 5) is 51.1. The van der Waals surface area contributed by atoms with Gasteiger partial charge >= 0.3 is 5.97 Å². The second-order valence-corrected chi connectivity index (χ2v) is 8.06. The molecule has 0 aromatic heterocycles. The summed E-state index contributed by atoms with van der Waals surface area (Å²) in [6, 6.07) is 18.1. The van der Waals surface area contributed by atoms with Gasteiger partial charge in [-0.05, 0) is 60.3 Å². The second-order valence-electron chi connectivity index (χ2n) is 8.06. The largest absolute Gasteiger partial charge is 0.494 e. The number of amides is 2. The molecule has 9 nitrogen and oxygen atoms in total. The molecular weight excluding hydrogens is 464 g/mol. The van der Waals surface area contributed by atoms with Crippen molar-refractivity contribution in [2.45, 2.75) is 6.92 Å². The lowest BCUT2D eigenvalue weighted by molar-refractivity contribution is -0.384. The Morgan fingerprint density at radius 3 is 2.33 bits per heavy atom. The van der Waals surface area contributed by atoms with E-state index in [4.69, 9.17) is 4.74 Å². The number of nitro benzene ring substituents is 1. The van der Waals surface area contributed by atoms with Crippen LogP contribution in [0.5, 0.6) is 5.75 Å². The van der Waals surface area contributed by atoms with Gasteiger partial charge in [-0.3, -0.25) is 19.7 Å². The Morgan fingerprint density at radius 1 is 0.972 bits per heavy atom. The standard InChI is InChI=1S/C27H18N2O7/c1-2-36-18-11-9-17(10-12-18)28-25(30)20-8-4-7-19-23(15-5-3-6-16(13-15)27(32)33)22(29(34)35)14-21(24(19)20)26(28)31/h3-14H,2H2,1H3,(H,32,33). The molecular formula is C27H18N2O7. The van der Waals surface area contributed by atoms with Crippen molar-refractivity contribution in [1.82, 2.24) is 0 Å². The summed E-state index contributed by atoms with van der Waals surface area (Å²) in [5.41, 5.74) is 0.540. The molecule has 0 spiro atoms. The first-order chi connectivity index (χ1) is 17.3. The minimum absolute atomic E-state index is 0.0129. The number of carboxylic acid groups (broad SMARTS) is 1. The van der Waals surface area contributed by atoms with Crippen LogP contribution < -0.4 is 9.64 Å². The normalized spacial score (nSPS) is 12.6. The Kier molecular flexibility index (Phi) is 5.44. The third kappa shape index (κ3) is 3.54.